The van der Waals surface area contributed by atoms with Gasteiger partial charge in [-0.05, 0) is 24.5 Å². The van der Waals surface area contributed by atoms with E-state index in [1.54, 1.807) is 0 Å². The van der Waals surface area contributed by atoms with Gasteiger partial charge in [0.15, 0.2) is 0 Å². The fourth-order valence-corrected chi connectivity index (χ4v) is 1.62. The van der Waals surface area contributed by atoms with E-state index in [4.69, 9.17) is 5.73 Å². The van der Waals surface area contributed by atoms with E-state index in [0.717, 1.165) is 7.11 Å². The lowest BCUT2D eigenvalue weighted by molar-refractivity contribution is -0.385. The average molecular weight is 282 g/mol. The van der Waals surface area contributed by atoms with Gasteiger partial charge >= 0.3 is 5.97 Å². The summed E-state index contributed by atoms with van der Waals surface area (Å²) in [5.41, 5.74) is 4.92. The van der Waals surface area contributed by atoms with Crippen molar-refractivity contribution in [2.45, 2.75) is 18.9 Å². The van der Waals surface area contributed by atoms with Crippen LogP contribution in [0.4, 0.5) is 5.69 Å². The zero-order valence-corrected chi connectivity index (χ0v) is 10.7. The number of primary amides is 1. The predicted molar refractivity (Wildman–Crippen MR) is 68.0 cm³/mol. The number of rotatable bonds is 6. The van der Waals surface area contributed by atoms with Crippen LogP contribution in [0.3, 0.4) is 0 Å². The lowest BCUT2D eigenvalue weighted by atomic mass is 10.0. The van der Waals surface area contributed by atoms with Gasteiger partial charge in [0.2, 0.25) is 5.91 Å². The van der Waals surface area contributed by atoms with Gasteiger partial charge in [-0.2, -0.15) is 0 Å². The summed E-state index contributed by atoms with van der Waals surface area (Å²) in [5.74, 6) is -1.67. The number of benzene rings is 1. The highest BCUT2D eigenvalue weighted by Crippen LogP contribution is 2.21. The number of amides is 1. The Labute approximate surface area is 114 Å². The monoisotopic (exact) mass is 282 g/mol. The van der Waals surface area contributed by atoms with Crippen LogP contribution in [0.25, 0.3) is 0 Å². The molecule has 0 aliphatic rings. The van der Waals surface area contributed by atoms with E-state index in [-0.39, 0.29) is 24.1 Å². The molecule has 8 nitrogen and oxygen atoms in total. The molecule has 0 saturated carbocycles. The minimum absolute atomic E-state index is 0.0633. The zero-order valence-electron chi connectivity index (χ0n) is 10.7. The summed E-state index contributed by atoms with van der Waals surface area (Å²) in [6.45, 7) is 0. The molecule has 0 radical (unpaired) electrons. The number of nitrogens with two attached hydrogens (primary N) is 1. The first-order valence-electron chi connectivity index (χ1n) is 5.69. The van der Waals surface area contributed by atoms with E-state index in [9.17, 15) is 24.8 Å². The van der Waals surface area contributed by atoms with Crippen molar-refractivity contribution in [3.63, 3.8) is 0 Å². The molecule has 0 aliphatic carbocycles. The maximum absolute atomic E-state index is 11.5. The summed E-state index contributed by atoms with van der Waals surface area (Å²) < 4.78 is 4.48. The number of carbonyl (C=O) groups excluding carboxylic acids is 2. The van der Waals surface area contributed by atoms with Crippen molar-refractivity contribution in [2.75, 3.05) is 7.11 Å². The van der Waals surface area contributed by atoms with Crippen molar-refractivity contribution < 1.29 is 24.4 Å². The number of nitrogens with zero attached hydrogens (tertiary/aromatic N) is 1. The quantitative estimate of drug-likeness (QED) is 0.434. The van der Waals surface area contributed by atoms with E-state index >= 15 is 0 Å². The third kappa shape index (κ3) is 3.75. The molecular formula is C12H14N2O6. The third-order valence-corrected chi connectivity index (χ3v) is 2.70. The first-order chi connectivity index (χ1) is 9.36. The van der Waals surface area contributed by atoms with Crippen LogP contribution in [0.5, 0.6) is 0 Å². The van der Waals surface area contributed by atoms with Crippen LogP contribution in [0.15, 0.2) is 18.2 Å². The molecule has 108 valence electrons. The van der Waals surface area contributed by atoms with Gasteiger partial charge in [-0.3, -0.25) is 14.9 Å². The molecule has 0 aliphatic heterocycles. The van der Waals surface area contributed by atoms with Gasteiger partial charge in [-0.25, -0.2) is 4.79 Å². The molecule has 0 aromatic heterocycles. The number of aliphatic hydroxyl groups is 1. The Morgan fingerprint density at radius 2 is 2.15 bits per heavy atom. The summed E-state index contributed by atoms with van der Waals surface area (Å²) in [5, 5.41) is 20.1. The normalized spacial score (nSPS) is 11.7. The number of aliphatic hydroxyl groups excluding tert-OH is 1. The molecule has 1 rings (SSSR count). The van der Waals surface area contributed by atoms with Crippen molar-refractivity contribution in [3.05, 3.63) is 39.4 Å². The Balaban J connectivity index is 2.98. The van der Waals surface area contributed by atoms with Crippen LogP contribution in [0.1, 0.15) is 22.3 Å². The van der Waals surface area contributed by atoms with E-state index in [1.165, 1.54) is 18.2 Å². The lowest BCUT2D eigenvalue weighted by Crippen LogP contribution is -2.28. The highest BCUT2D eigenvalue weighted by molar-refractivity contribution is 5.94. The number of esters is 1. The van der Waals surface area contributed by atoms with Gasteiger partial charge in [0.25, 0.3) is 5.69 Å². The lowest BCUT2D eigenvalue weighted by Gasteiger charge is -2.07. The van der Waals surface area contributed by atoms with Crippen molar-refractivity contribution in [2.24, 2.45) is 5.73 Å². The molecule has 1 aromatic rings. The molecule has 0 heterocycles. The second-order valence-corrected chi connectivity index (χ2v) is 4.06. The third-order valence-electron chi connectivity index (χ3n) is 2.70. The number of nitro benzene ring substituents is 1. The van der Waals surface area contributed by atoms with Crippen LogP contribution in [0, 0.1) is 10.1 Å². The number of carbonyl (C=O) groups is 2. The zero-order chi connectivity index (χ0) is 15.3. The second-order valence-electron chi connectivity index (χ2n) is 4.06. The van der Waals surface area contributed by atoms with E-state index in [1.807, 2.05) is 0 Å². The summed E-state index contributed by atoms with van der Waals surface area (Å²) in [7, 11) is 1.12. The summed E-state index contributed by atoms with van der Waals surface area (Å²) in [6.07, 6.45) is -0.994. The second kappa shape index (κ2) is 6.62. The van der Waals surface area contributed by atoms with E-state index in [0.29, 0.717) is 5.56 Å². The van der Waals surface area contributed by atoms with Crippen LogP contribution in [0.2, 0.25) is 0 Å². The predicted octanol–water partition coefficient (Wildman–Crippen LogP) is 0.160. The topological polar surface area (TPSA) is 133 Å². The fourth-order valence-electron chi connectivity index (χ4n) is 1.62. The highest BCUT2D eigenvalue weighted by Gasteiger charge is 2.21. The van der Waals surface area contributed by atoms with Gasteiger partial charge in [0.05, 0.1) is 12.0 Å². The molecule has 0 bridgehead atoms. The standard InChI is InChI=1S/C12H14N2O6/c1-20-12(17)8-6-7(2-4-9(8)14(18)19)3-5-10(15)11(13)16/h2,4,6,10,15H,3,5H2,1H3,(H2,13,16). The maximum Gasteiger partial charge on any atom is 0.344 e. The smallest absolute Gasteiger partial charge is 0.344 e. The Bertz CT molecular complexity index is 543. The molecule has 3 N–H and O–H groups in total. The number of aryl methyl sites for hydroxylation is 1. The van der Waals surface area contributed by atoms with Gasteiger partial charge in [0, 0.05) is 6.07 Å². The summed E-state index contributed by atoms with van der Waals surface area (Å²) in [6, 6.07) is 3.92. The van der Waals surface area contributed by atoms with Crippen LogP contribution < -0.4 is 5.73 Å². The van der Waals surface area contributed by atoms with Crippen LogP contribution in [-0.4, -0.2) is 35.1 Å². The minimum Gasteiger partial charge on any atom is -0.465 e. The Morgan fingerprint density at radius 1 is 1.50 bits per heavy atom. The Hall–Kier alpha value is -2.48. The number of hydrogen-bond donors (Lipinski definition) is 2. The van der Waals surface area contributed by atoms with Gasteiger partial charge in [-0.15, -0.1) is 0 Å². The van der Waals surface area contributed by atoms with Gasteiger partial charge in [0.1, 0.15) is 11.7 Å². The number of hydrogen-bond acceptors (Lipinski definition) is 6. The molecule has 20 heavy (non-hydrogen) atoms. The average Bonchev–Trinajstić information content (AvgIpc) is 2.43. The maximum atomic E-state index is 11.5. The van der Waals surface area contributed by atoms with Crippen molar-refractivity contribution >= 4 is 17.6 Å². The first-order valence-corrected chi connectivity index (χ1v) is 5.69. The molecule has 0 fully saturated rings. The molecular weight excluding hydrogens is 268 g/mol. The number of ether oxygens (including phenoxy) is 1. The number of nitro groups is 1. The van der Waals surface area contributed by atoms with Gasteiger partial charge in [-0.1, -0.05) is 6.07 Å². The van der Waals surface area contributed by atoms with Crippen LogP contribution in [-0.2, 0) is 16.0 Å². The molecule has 1 unspecified atom stereocenters. The fraction of sp³-hybridized carbons (Fsp3) is 0.333. The largest absolute Gasteiger partial charge is 0.465 e. The van der Waals surface area contributed by atoms with Crippen molar-refractivity contribution in [1.29, 1.82) is 0 Å². The van der Waals surface area contributed by atoms with E-state index in [2.05, 4.69) is 4.74 Å². The summed E-state index contributed by atoms with van der Waals surface area (Å²) in [4.78, 5) is 32.3. The summed E-state index contributed by atoms with van der Waals surface area (Å²) >= 11 is 0. The molecule has 1 aromatic carbocycles. The highest BCUT2D eigenvalue weighted by atomic mass is 16.6. The molecule has 0 saturated heterocycles. The SMILES string of the molecule is COC(=O)c1cc(CCC(O)C(N)=O)ccc1[N+](=O)[O-]. The Morgan fingerprint density at radius 3 is 2.65 bits per heavy atom. The number of methoxy groups -OCH3 is 1. The van der Waals surface area contributed by atoms with Crippen LogP contribution >= 0.6 is 0 Å². The van der Waals surface area contributed by atoms with Gasteiger partial charge < -0.3 is 15.6 Å². The Kier molecular flexibility index (Phi) is 5.15. The van der Waals surface area contributed by atoms with Crippen molar-refractivity contribution in [1.82, 2.24) is 0 Å². The first kappa shape index (κ1) is 15.6. The van der Waals surface area contributed by atoms with Crippen molar-refractivity contribution in [3.8, 4) is 0 Å². The molecule has 1 amide bonds. The molecule has 1 atom stereocenters. The molecule has 0 spiro atoms. The minimum atomic E-state index is -1.30. The molecule has 8 heteroatoms. The van der Waals surface area contributed by atoms with E-state index < -0.39 is 22.9 Å².